The number of nitrogens with one attached hydrogen (secondary N) is 1. The third-order valence-electron chi connectivity index (χ3n) is 16.4. The lowest BCUT2D eigenvalue weighted by atomic mass is 9.49. The fourth-order valence-electron chi connectivity index (χ4n) is 12.9. The van der Waals surface area contributed by atoms with Gasteiger partial charge in [0.15, 0.2) is 0 Å². The van der Waals surface area contributed by atoms with Gasteiger partial charge in [-0.05, 0) is 106 Å². The third-order valence-corrected chi connectivity index (χ3v) is 16.6. The first-order valence-corrected chi connectivity index (χ1v) is 22.9. The minimum atomic E-state index is -0.851. The van der Waals surface area contributed by atoms with Crippen molar-refractivity contribution < 1.29 is 38.1 Å². The number of methoxy groups -OCH3 is 1. The van der Waals surface area contributed by atoms with Crippen LogP contribution in [0.5, 0.6) is 5.75 Å². The lowest BCUT2D eigenvalue weighted by Gasteiger charge is -2.61. The van der Waals surface area contributed by atoms with E-state index in [1.165, 1.54) is 0 Å². The van der Waals surface area contributed by atoms with Gasteiger partial charge in [0.2, 0.25) is 5.91 Å². The number of pyridine rings is 1. The summed E-state index contributed by atoms with van der Waals surface area (Å²) in [6.07, 6.45) is 4.06. The summed E-state index contributed by atoms with van der Waals surface area (Å²) < 4.78 is 31.4. The number of halogens is 1. The van der Waals surface area contributed by atoms with Crippen LogP contribution in [0.4, 0.5) is 5.69 Å². The molecule has 1 aromatic heterocycles. The van der Waals surface area contributed by atoms with E-state index >= 15 is 0 Å². The highest BCUT2D eigenvalue weighted by atomic mass is 35.5. The number of carbonyl (C=O) groups excluding carboxylic acids is 3. The van der Waals surface area contributed by atoms with E-state index in [1.807, 2.05) is 41.3 Å². The van der Waals surface area contributed by atoms with Gasteiger partial charge in [0, 0.05) is 76.8 Å². The van der Waals surface area contributed by atoms with Crippen LogP contribution in [0, 0.1) is 28.6 Å². The molecule has 0 radical (unpaired) electrons. The summed E-state index contributed by atoms with van der Waals surface area (Å²) in [6.45, 7) is 15.6. The number of aromatic nitrogens is 1. The number of amides is 1. The van der Waals surface area contributed by atoms with E-state index in [-0.39, 0.29) is 71.4 Å². The van der Waals surface area contributed by atoms with Gasteiger partial charge in [0.1, 0.15) is 29.7 Å². The Hall–Kier alpha value is -3.97. The fourth-order valence-corrected chi connectivity index (χ4v) is 13.1. The Kier molecular flexibility index (Phi) is 9.97. The zero-order chi connectivity index (χ0) is 42.6. The summed E-state index contributed by atoms with van der Waals surface area (Å²) in [4.78, 5) is 49.1. The van der Waals surface area contributed by atoms with Gasteiger partial charge in [0.05, 0.1) is 43.0 Å². The van der Waals surface area contributed by atoms with Crippen molar-refractivity contribution in [2.75, 3.05) is 58.4 Å². The zero-order valence-corrected chi connectivity index (χ0v) is 37.1. The Morgan fingerprint density at radius 1 is 1.03 bits per heavy atom. The van der Waals surface area contributed by atoms with E-state index in [0.29, 0.717) is 37.7 Å². The Morgan fingerprint density at radius 3 is 2.61 bits per heavy atom. The summed E-state index contributed by atoms with van der Waals surface area (Å²) in [5, 5.41) is 6.47. The SMILES string of the molecule is COc1ccc2nc3cc(Cl)ccc3c(NC(C)CCCN3CCN(C(=O)CCC(=O)O[C@@H]4[C@@]5(C(C)C)C[C@H]5[C@@H]5O[C@@]56[C@@]5(C)CCC7=C(COC7=O)C5CO[C@]46C)CC3)c2c1. The molecule has 3 aliphatic carbocycles. The number of piperazine rings is 1. The largest absolute Gasteiger partial charge is 0.497 e. The molecule has 1 N–H and O–H groups in total. The van der Waals surface area contributed by atoms with Crippen molar-refractivity contribution >= 4 is 56.9 Å². The highest BCUT2D eigenvalue weighted by Crippen LogP contribution is 2.82. The molecule has 4 aliphatic heterocycles. The standard InChI is InChI=1S/C48H59ClN4O8/c1-27(2)47-24-35(47)42-48(61-42)45(4)16-15-31-34(25-58-43(31)56)36(45)26-59-46(48,5)44(47)60-40(55)14-13-39(54)53-20-18-52(19-21-53)17-7-8-28(3)50-41-32-11-9-29(49)22-38(32)51-37-12-10-30(57-6)23-33(37)41/h9-12,22-23,27-28,35-36,42,44H,7-8,13-21,24-26H2,1-6H3,(H,50,51)/t28?,35-,36?,42-,44-,45-,46+,47+,48+/m0/s1. The van der Waals surface area contributed by atoms with Gasteiger partial charge in [0.25, 0.3) is 0 Å². The second kappa shape index (κ2) is 14.8. The third kappa shape index (κ3) is 6.23. The summed E-state index contributed by atoms with van der Waals surface area (Å²) in [5.74, 6) is 0.783. The van der Waals surface area contributed by atoms with Crippen LogP contribution in [0.25, 0.3) is 21.8 Å². The van der Waals surface area contributed by atoms with Crippen LogP contribution in [0.1, 0.15) is 79.6 Å². The number of ether oxygens (including phenoxy) is 5. The molecule has 1 spiro atoms. The van der Waals surface area contributed by atoms with E-state index in [1.54, 1.807) is 7.11 Å². The van der Waals surface area contributed by atoms with Gasteiger partial charge >= 0.3 is 11.9 Å². The Balaban J connectivity index is 0.726. The molecule has 3 saturated heterocycles. The molecule has 13 heteroatoms. The molecule has 9 atom stereocenters. The number of esters is 2. The number of hydrogen-bond donors (Lipinski definition) is 1. The zero-order valence-electron chi connectivity index (χ0n) is 36.3. The molecule has 1 amide bonds. The van der Waals surface area contributed by atoms with Crippen LogP contribution >= 0.6 is 11.6 Å². The van der Waals surface area contributed by atoms with Crippen molar-refractivity contribution in [1.29, 1.82) is 0 Å². The summed E-state index contributed by atoms with van der Waals surface area (Å²) in [7, 11) is 1.67. The number of hydrogen-bond acceptors (Lipinski definition) is 11. The molecule has 2 unspecified atom stereocenters. The van der Waals surface area contributed by atoms with Crippen molar-refractivity contribution in [3.05, 3.63) is 52.6 Å². The molecule has 2 aromatic carbocycles. The summed E-state index contributed by atoms with van der Waals surface area (Å²) >= 11 is 6.34. The molecule has 12 nitrogen and oxygen atoms in total. The summed E-state index contributed by atoms with van der Waals surface area (Å²) in [6, 6.07) is 12.0. The Bertz CT molecular complexity index is 2350. The molecule has 5 fully saturated rings. The summed E-state index contributed by atoms with van der Waals surface area (Å²) in [5.41, 5.74) is 2.66. The molecule has 7 aliphatic rings. The Labute approximate surface area is 362 Å². The number of nitrogens with zero attached hydrogens (tertiary/aromatic N) is 3. The number of rotatable bonds is 12. The molecule has 3 aromatic rings. The van der Waals surface area contributed by atoms with Crippen molar-refractivity contribution in [2.24, 2.45) is 28.6 Å². The van der Waals surface area contributed by atoms with Crippen molar-refractivity contribution in [3.8, 4) is 5.75 Å². The van der Waals surface area contributed by atoms with E-state index in [0.717, 1.165) is 89.7 Å². The monoisotopic (exact) mass is 854 g/mol. The number of cyclic esters (lactones) is 1. The predicted molar refractivity (Wildman–Crippen MR) is 231 cm³/mol. The van der Waals surface area contributed by atoms with E-state index in [2.05, 4.69) is 44.8 Å². The number of epoxide rings is 1. The van der Waals surface area contributed by atoms with Gasteiger partial charge < -0.3 is 33.9 Å². The van der Waals surface area contributed by atoms with Crippen LogP contribution in [-0.4, -0.2) is 115 Å². The number of anilines is 1. The maximum Gasteiger partial charge on any atom is 0.334 e. The van der Waals surface area contributed by atoms with Gasteiger partial charge in [-0.1, -0.05) is 32.4 Å². The second-order valence-electron chi connectivity index (χ2n) is 19.6. The average molecular weight is 855 g/mol. The molecule has 10 rings (SSSR count). The number of carbonyl (C=O) groups is 3. The first-order chi connectivity index (χ1) is 29.2. The highest BCUT2D eigenvalue weighted by molar-refractivity contribution is 6.31. The lowest BCUT2D eigenvalue weighted by Crippen LogP contribution is -2.73. The maximum atomic E-state index is 13.8. The van der Waals surface area contributed by atoms with E-state index in [9.17, 15) is 14.4 Å². The van der Waals surface area contributed by atoms with Crippen LogP contribution < -0.4 is 10.1 Å². The number of fused-ring (bicyclic) bond motifs is 6. The van der Waals surface area contributed by atoms with Gasteiger partial charge in [-0.25, -0.2) is 9.78 Å². The van der Waals surface area contributed by atoms with Gasteiger partial charge in [-0.3, -0.25) is 14.5 Å². The minimum Gasteiger partial charge on any atom is -0.497 e. The van der Waals surface area contributed by atoms with Gasteiger partial charge in [-0.2, -0.15) is 0 Å². The fraction of sp³-hybridized carbons (Fsp3) is 0.625. The molecule has 326 valence electrons. The van der Waals surface area contributed by atoms with E-state index in [4.69, 9.17) is 40.3 Å². The van der Waals surface area contributed by atoms with Crippen molar-refractivity contribution in [1.82, 2.24) is 14.8 Å². The average Bonchev–Trinajstić information content (AvgIpc) is 4.15. The minimum absolute atomic E-state index is 0.00665. The quantitative estimate of drug-likeness (QED) is 0.112. The van der Waals surface area contributed by atoms with Crippen LogP contribution in [0.15, 0.2) is 47.5 Å². The molecule has 2 saturated carbocycles. The van der Waals surface area contributed by atoms with Crippen molar-refractivity contribution in [3.63, 3.8) is 0 Å². The smallest absolute Gasteiger partial charge is 0.334 e. The second-order valence-corrected chi connectivity index (χ2v) is 20.1. The van der Waals surface area contributed by atoms with Crippen LogP contribution in [0.2, 0.25) is 5.02 Å². The van der Waals surface area contributed by atoms with Crippen LogP contribution in [0.3, 0.4) is 0 Å². The molecule has 61 heavy (non-hydrogen) atoms. The molecular formula is C48H59ClN4O8. The molecule has 0 bridgehead atoms. The highest BCUT2D eigenvalue weighted by Gasteiger charge is 2.93. The first-order valence-electron chi connectivity index (χ1n) is 22.5. The maximum absolute atomic E-state index is 13.8. The molecule has 5 heterocycles. The lowest BCUT2D eigenvalue weighted by molar-refractivity contribution is -0.265. The molecular weight excluding hydrogens is 796 g/mol. The van der Waals surface area contributed by atoms with Crippen molar-refractivity contribution in [2.45, 2.75) is 109 Å². The van der Waals surface area contributed by atoms with E-state index < -0.39 is 17.3 Å². The normalized spacial score (nSPS) is 34.2. The van der Waals surface area contributed by atoms with Gasteiger partial charge in [-0.15, -0.1) is 0 Å². The Morgan fingerprint density at radius 2 is 1.84 bits per heavy atom. The first kappa shape index (κ1) is 41.1. The van der Waals surface area contributed by atoms with Crippen LogP contribution in [-0.2, 0) is 33.3 Å². The topological polar surface area (TPSA) is 132 Å². The predicted octanol–water partition coefficient (Wildman–Crippen LogP) is 7.34. The number of benzene rings is 2.